The predicted molar refractivity (Wildman–Crippen MR) is 82.9 cm³/mol. The minimum Gasteiger partial charge on any atom is -0.478 e. The molecule has 1 aliphatic heterocycles. The van der Waals surface area contributed by atoms with Gasteiger partial charge < -0.3 is 15.2 Å². The highest BCUT2D eigenvalue weighted by Crippen LogP contribution is 2.28. The van der Waals surface area contributed by atoms with E-state index in [-0.39, 0.29) is 6.10 Å². The van der Waals surface area contributed by atoms with E-state index in [0.717, 1.165) is 36.0 Å². The van der Waals surface area contributed by atoms with Crippen LogP contribution in [0.2, 0.25) is 0 Å². The molecule has 2 N–H and O–H groups in total. The standard InChI is InChI=1S/C17H19NO3/c1-11-12(8-9-21-11)10-18-16-7-6-15(17(19)20)13-4-2-3-5-14(13)16/h2-7,11-12,18H,8-10H2,1H3,(H,19,20). The average molecular weight is 285 g/mol. The molecule has 2 atom stereocenters. The number of fused-ring (bicyclic) bond motifs is 1. The third-order valence-electron chi connectivity index (χ3n) is 4.24. The molecule has 4 nitrogen and oxygen atoms in total. The molecule has 1 aliphatic rings. The van der Waals surface area contributed by atoms with Gasteiger partial charge in [0.15, 0.2) is 0 Å². The highest BCUT2D eigenvalue weighted by Gasteiger charge is 2.24. The molecular formula is C17H19NO3. The molecule has 0 amide bonds. The van der Waals surface area contributed by atoms with Gasteiger partial charge in [-0.2, -0.15) is 0 Å². The van der Waals surface area contributed by atoms with Crippen LogP contribution in [0.15, 0.2) is 36.4 Å². The van der Waals surface area contributed by atoms with Crippen LogP contribution in [0.4, 0.5) is 5.69 Å². The molecule has 0 aromatic heterocycles. The number of nitrogens with one attached hydrogen (secondary N) is 1. The molecule has 1 fully saturated rings. The number of carboxylic acid groups (broad SMARTS) is 1. The number of hydrogen-bond donors (Lipinski definition) is 2. The second kappa shape index (κ2) is 5.74. The Morgan fingerprint density at radius 1 is 1.29 bits per heavy atom. The Labute approximate surface area is 123 Å². The lowest BCUT2D eigenvalue weighted by Crippen LogP contribution is -2.20. The fourth-order valence-electron chi connectivity index (χ4n) is 2.92. The fraction of sp³-hybridized carbons (Fsp3) is 0.353. The SMILES string of the molecule is CC1OCCC1CNc1ccc(C(=O)O)c2ccccc12. The summed E-state index contributed by atoms with van der Waals surface area (Å²) in [5, 5.41) is 14.4. The molecule has 0 aliphatic carbocycles. The molecule has 1 heterocycles. The first-order valence-corrected chi connectivity index (χ1v) is 7.27. The highest BCUT2D eigenvalue weighted by molar-refractivity contribution is 6.07. The Balaban J connectivity index is 1.89. The van der Waals surface area contributed by atoms with Gasteiger partial charge in [0, 0.05) is 30.1 Å². The zero-order valence-corrected chi connectivity index (χ0v) is 12.0. The van der Waals surface area contributed by atoms with Gasteiger partial charge in [0.25, 0.3) is 0 Å². The minimum atomic E-state index is -0.893. The van der Waals surface area contributed by atoms with Crippen LogP contribution < -0.4 is 5.32 Å². The number of carbonyl (C=O) groups is 1. The summed E-state index contributed by atoms with van der Waals surface area (Å²) in [5.74, 6) is -0.390. The molecule has 1 saturated heterocycles. The van der Waals surface area contributed by atoms with E-state index in [0.29, 0.717) is 11.5 Å². The van der Waals surface area contributed by atoms with Crippen molar-refractivity contribution in [1.29, 1.82) is 0 Å². The highest BCUT2D eigenvalue weighted by atomic mass is 16.5. The molecular weight excluding hydrogens is 266 g/mol. The first kappa shape index (κ1) is 13.9. The van der Waals surface area contributed by atoms with Crippen molar-refractivity contribution in [2.24, 2.45) is 5.92 Å². The van der Waals surface area contributed by atoms with Crippen molar-refractivity contribution in [3.8, 4) is 0 Å². The van der Waals surface area contributed by atoms with Gasteiger partial charge in [0.1, 0.15) is 0 Å². The van der Waals surface area contributed by atoms with Crippen molar-refractivity contribution < 1.29 is 14.6 Å². The smallest absolute Gasteiger partial charge is 0.336 e. The number of hydrogen-bond acceptors (Lipinski definition) is 3. The average Bonchev–Trinajstić information content (AvgIpc) is 2.89. The lowest BCUT2D eigenvalue weighted by Gasteiger charge is -2.17. The second-order valence-electron chi connectivity index (χ2n) is 5.52. The van der Waals surface area contributed by atoms with E-state index in [2.05, 4.69) is 12.2 Å². The van der Waals surface area contributed by atoms with Crippen molar-refractivity contribution >= 4 is 22.4 Å². The normalized spacial score (nSPS) is 21.6. The quantitative estimate of drug-likeness (QED) is 0.904. The van der Waals surface area contributed by atoms with Crippen LogP contribution in [0.3, 0.4) is 0 Å². The zero-order chi connectivity index (χ0) is 14.8. The summed E-state index contributed by atoms with van der Waals surface area (Å²) in [6.07, 6.45) is 1.35. The van der Waals surface area contributed by atoms with E-state index in [1.165, 1.54) is 0 Å². The van der Waals surface area contributed by atoms with E-state index in [4.69, 9.17) is 4.74 Å². The van der Waals surface area contributed by atoms with Crippen LogP contribution in [0.25, 0.3) is 10.8 Å². The Bertz CT molecular complexity index is 668. The number of aromatic carboxylic acids is 1. The first-order chi connectivity index (χ1) is 10.2. The second-order valence-corrected chi connectivity index (χ2v) is 5.52. The Morgan fingerprint density at radius 3 is 2.71 bits per heavy atom. The van der Waals surface area contributed by atoms with Crippen molar-refractivity contribution in [2.45, 2.75) is 19.4 Å². The van der Waals surface area contributed by atoms with Crippen molar-refractivity contribution in [3.05, 3.63) is 42.0 Å². The third kappa shape index (κ3) is 2.72. The summed E-state index contributed by atoms with van der Waals surface area (Å²) in [6, 6.07) is 11.1. The predicted octanol–water partition coefficient (Wildman–Crippen LogP) is 3.37. The third-order valence-corrected chi connectivity index (χ3v) is 4.24. The maximum atomic E-state index is 11.3. The van der Waals surface area contributed by atoms with Crippen molar-refractivity contribution in [3.63, 3.8) is 0 Å². The van der Waals surface area contributed by atoms with Crippen molar-refractivity contribution in [1.82, 2.24) is 0 Å². The summed E-state index contributed by atoms with van der Waals surface area (Å²) >= 11 is 0. The monoisotopic (exact) mass is 285 g/mol. The Morgan fingerprint density at radius 2 is 2.05 bits per heavy atom. The molecule has 0 radical (unpaired) electrons. The summed E-state index contributed by atoms with van der Waals surface area (Å²) in [7, 11) is 0. The maximum Gasteiger partial charge on any atom is 0.336 e. The first-order valence-electron chi connectivity index (χ1n) is 7.27. The van der Waals surface area contributed by atoms with Gasteiger partial charge in [0.2, 0.25) is 0 Å². The Kier molecular flexibility index (Phi) is 3.80. The summed E-state index contributed by atoms with van der Waals surface area (Å²) in [4.78, 5) is 11.3. The van der Waals surface area contributed by atoms with Crippen LogP contribution in [0, 0.1) is 5.92 Å². The lowest BCUT2D eigenvalue weighted by molar-refractivity contribution is 0.0699. The van der Waals surface area contributed by atoms with Crippen molar-refractivity contribution in [2.75, 3.05) is 18.5 Å². The van der Waals surface area contributed by atoms with Gasteiger partial charge in [-0.05, 0) is 30.9 Å². The van der Waals surface area contributed by atoms with Gasteiger partial charge in [0.05, 0.1) is 11.7 Å². The molecule has 0 bridgehead atoms. The van der Waals surface area contributed by atoms with E-state index >= 15 is 0 Å². The van der Waals surface area contributed by atoms with Gasteiger partial charge in [-0.25, -0.2) is 4.79 Å². The zero-order valence-electron chi connectivity index (χ0n) is 12.0. The minimum absolute atomic E-state index is 0.280. The van der Waals surface area contributed by atoms with Gasteiger partial charge in [-0.3, -0.25) is 0 Å². The van der Waals surface area contributed by atoms with E-state index < -0.39 is 5.97 Å². The molecule has 3 rings (SSSR count). The largest absolute Gasteiger partial charge is 0.478 e. The lowest BCUT2D eigenvalue weighted by atomic mass is 10.0. The molecule has 2 aromatic rings. The van der Waals surface area contributed by atoms with Crippen LogP contribution in [0.5, 0.6) is 0 Å². The van der Waals surface area contributed by atoms with E-state index in [1.807, 2.05) is 30.3 Å². The van der Waals surface area contributed by atoms with Crippen LogP contribution in [-0.4, -0.2) is 30.3 Å². The summed E-state index contributed by atoms with van der Waals surface area (Å²) < 4.78 is 5.57. The maximum absolute atomic E-state index is 11.3. The van der Waals surface area contributed by atoms with Gasteiger partial charge >= 0.3 is 5.97 Å². The molecule has 0 spiro atoms. The van der Waals surface area contributed by atoms with Crippen LogP contribution >= 0.6 is 0 Å². The Hall–Kier alpha value is -2.07. The number of carboxylic acids is 1. The van der Waals surface area contributed by atoms with E-state index in [9.17, 15) is 9.90 Å². The number of benzene rings is 2. The number of rotatable bonds is 4. The molecule has 21 heavy (non-hydrogen) atoms. The summed E-state index contributed by atoms with van der Waals surface area (Å²) in [5.41, 5.74) is 1.32. The topological polar surface area (TPSA) is 58.6 Å². The van der Waals surface area contributed by atoms with E-state index in [1.54, 1.807) is 6.07 Å². The summed E-state index contributed by atoms with van der Waals surface area (Å²) in [6.45, 7) is 3.77. The number of anilines is 1. The van der Waals surface area contributed by atoms with Crippen LogP contribution in [0.1, 0.15) is 23.7 Å². The van der Waals surface area contributed by atoms with Gasteiger partial charge in [-0.15, -0.1) is 0 Å². The molecule has 4 heteroatoms. The molecule has 110 valence electrons. The molecule has 0 saturated carbocycles. The van der Waals surface area contributed by atoms with Crippen LogP contribution in [-0.2, 0) is 4.74 Å². The number of ether oxygens (including phenoxy) is 1. The molecule has 2 aromatic carbocycles. The molecule has 2 unspecified atom stereocenters. The van der Waals surface area contributed by atoms with Gasteiger partial charge in [-0.1, -0.05) is 24.3 Å². The fourth-order valence-corrected chi connectivity index (χ4v) is 2.92.